The highest BCUT2D eigenvalue weighted by atomic mass is 19.1. The molecular formula is C22H14F2N4. The molecule has 1 aromatic heterocycles. The normalized spacial score (nSPS) is 10.6. The molecule has 0 aliphatic rings. The van der Waals surface area contributed by atoms with E-state index in [1.165, 1.54) is 12.1 Å². The molecule has 4 nitrogen and oxygen atoms in total. The van der Waals surface area contributed by atoms with Crippen molar-refractivity contribution in [2.75, 3.05) is 5.32 Å². The number of para-hydroxylation sites is 1. The highest BCUT2D eigenvalue weighted by Gasteiger charge is 2.13. The van der Waals surface area contributed by atoms with Crippen molar-refractivity contribution in [2.45, 2.75) is 6.42 Å². The van der Waals surface area contributed by atoms with Gasteiger partial charge in [-0.05, 0) is 35.9 Å². The third-order valence-corrected chi connectivity index (χ3v) is 4.32. The third-order valence-electron chi connectivity index (χ3n) is 4.32. The van der Waals surface area contributed by atoms with Crippen LogP contribution in [0.1, 0.15) is 5.56 Å². The van der Waals surface area contributed by atoms with Crippen molar-refractivity contribution in [3.63, 3.8) is 0 Å². The number of nitriles is 1. The summed E-state index contributed by atoms with van der Waals surface area (Å²) in [4.78, 5) is 8.78. The van der Waals surface area contributed by atoms with Crippen LogP contribution >= 0.6 is 0 Å². The molecule has 0 spiro atoms. The smallest absolute Gasteiger partial charge is 0.227 e. The van der Waals surface area contributed by atoms with Crippen molar-refractivity contribution in [1.82, 2.24) is 9.97 Å². The fourth-order valence-corrected chi connectivity index (χ4v) is 2.99. The van der Waals surface area contributed by atoms with Crippen LogP contribution in [0.3, 0.4) is 0 Å². The van der Waals surface area contributed by atoms with Crippen molar-refractivity contribution in [3.05, 3.63) is 84.1 Å². The van der Waals surface area contributed by atoms with E-state index in [2.05, 4.69) is 21.4 Å². The zero-order valence-electron chi connectivity index (χ0n) is 14.7. The molecule has 4 aromatic rings. The van der Waals surface area contributed by atoms with Crippen LogP contribution in [0.25, 0.3) is 22.0 Å². The van der Waals surface area contributed by atoms with E-state index in [-0.39, 0.29) is 12.0 Å². The summed E-state index contributed by atoms with van der Waals surface area (Å²) in [7, 11) is 0. The van der Waals surface area contributed by atoms with Gasteiger partial charge < -0.3 is 5.32 Å². The minimum Gasteiger partial charge on any atom is -0.324 e. The topological polar surface area (TPSA) is 61.6 Å². The number of hydrogen-bond donors (Lipinski definition) is 1. The molecular weight excluding hydrogens is 358 g/mol. The van der Waals surface area contributed by atoms with Gasteiger partial charge in [-0.25, -0.2) is 18.7 Å². The highest BCUT2D eigenvalue weighted by Crippen LogP contribution is 2.33. The Morgan fingerprint density at radius 2 is 1.82 bits per heavy atom. The minimum atomic E-state index is -0.684. The number of nitrogens with one attached hydrogen (secondary N) is 1. The summed E-state index contributed by atoms with van der Waals surface area (Å²) in [5, 5.41) is 13.0. The van der Waals surface area contributed by atoms with Crippen molar-refractivity contribution < 1.29 is 8.78 Å². The van der Waals surface area contributed by atoms with Gasteiger partial charge in [0.05, 0.1) is 18.0 Å². The molecule has 4 rings (SSSR count). The monoisotopic (exact) mass is 372 g/mol. The molecule has 3 aromatic carbocycles. The average Bonchev–Trinajstić information content (AvgIpc) is 2.69. The van der Waals surface area contributed by atoms with Gasteiger partial charge in [-0.1, -0.05) is 24.3 Å². The average molecular weight is 372 g/mol. The van der Waals surface area contributed by atoms with Gasteiger partial charge in [-0.2, -0.15) is 5.26 Å². The summed E-state index contributed by atoms with van der Waals surface area (Å²) in [5.74, 6) is -0.978. The Morgan fingerprint density at radius 3 is 2.64 bits per heavy atom. The quantitative estimate of drug-likeness (QED) is 0.522. The third kappa shape index (κ3) is 3.51. The number of aromatic nitrogens is 2. The number of fused-ring (bicyclic) bond motifs is 1. The maximum Gasteiger partial charge on any atom is 0.227 e. The molecule has 0 atom stereocenters. The molecule has 0 aliphatic heterocycles. The predicted octanol–water partition coefficient (Wildman–Crippen LogP) is 5.38. The minimum absolute atomic E-state index is 0.183. The number of halogens is 2. The lowest BCUT2D eigenvalue weighted by atomic mass is 9.99. The number of nitrogens with zero attached hydrogens (tertiary/aromatic N) is 3. The van der Waals surface area contributed by atoms with E-state index in [9.17, 15) is 8.78 Å². The zero-order valence-corrected chi connectivity index (χ0v) is 14.7. The lowest BCUT2D eigenvalue weighted by Gasteiger charge is -2.14. The maximum atomic E-state index is 14.4. The van der Waals surface area contributed by atoms with E-state index < -0.39 is 11.6 Å². The number of rotatable bonds is 4. The largest absolute Gasteiger partial charge is 0.324 e. The fourth-order valence-electron chi connectivity index (χ4n) is 2.99. The molecule has 0 saturated carbocycles. The van der Waals surface area contributed by atoms with Gasteiger partial charge in [-0.15, -0.1) is 0 Å². The van der Waals surface area contributed by atoms with Crippen LogP contribution < -0.4 is 5.32 Å². The first-order valence-corrected chi connectivity index (χ1v) is 8.58. The molecule has 1 heterocycles. The summed E-state index contributed by atoms with van der Waals surface area (Å²) in [5.41, 5.74) is 2.79. The second kappa shape index (κ2) is 7.41. The molecule has 1 N–H and O–H groups in total. The Balaban J connectivity index is 1.80. The molecule has 0 bridgehead atoms. The van der Waals surface area contributed by atoms with E-state index >= 15 is 0 Å². The van der Waals surface area contributed by atoms with Crippen LogP contribution in [0, 0.1) is 23.0 Å². The summed E-state index contributed by atoms with van der Waals surface area (Å²) >= 11 is 0. The molecule has 28 heavy (non-hydrogen) atoms. The van der Waals surface area contributed by atoms with Gasteiger partial charge in [0.15, 0.2) is 0 Å². The Morgan fingerprint density at radius 1 is 0.964 bits per heavy atom. The van der Waals surface area contributed by atoms with Gasteiger partial charge in [0.25, 0.3) is 0 Å². The highest BCUT2D eigenvalue weighted by molar-refractivity contribution is 5.83. The Bertz CT molecular complexity index is 1210. The maximum absolute atomic E-state index is 14.4. The number of anilines is 2. The van der Waals surface area contributed by atoms with E-state index in [1.54, 1.807) is 24.4 Å². The molecule has 0 amide bonds. The summed E-state index contributed by atoms with van der Waals surface area (Å²) in [6.45, 7) is 0. The molecule has 0 fully saturated rings. The predicted molar refractivity (Wildman–Crippen MR) is 104 cm³/mol. The van der Waals surface area contributed by atoms with E-state index in [0.717, 1.165) is 22.5 Å². The Hall–Kier alpha value is -3.85. The molecule has 0 radical (unpaired) electrons. The second-order valence-corrected chi connectivity index (χ2v) is 6.22. The molecule has 136 valence electrons. The van der Waals surface area contributed by atoms with Crippen LogP contribution in [-0.4, -0.2) is 9.97 Å². The van der Waals surface area contributed by atoms with E-state index in [0.29, 0.717) is 17.2 Å². The van der Waals surface area contributed by atoms with Gasteiger partial charge in [-0.3, -0.25) is 0 Å². The summed E-state index contributed by atoms with van der Waals surface area (Å²) in [6, 6.07) is 18.3. The van der Waals surface area contributed by atoms with Crippen molar-refractivity contribution in [3.8, 4) is 17.2 Å². The number of hydrogen-bond acceptors (Lipinski definition) is 4. The van der Waals surface area contributed by atoms with Crippen molar-refractivity contribution in [2.24, 2.45) is 0 Å². The lowest BCUT2D eigenvalue weighted by molar-refractivity contribution is 0.585. The second-order valence-electron chi connectivity index (χ2n) is 6.22. The van der Waals surface area contributed by atoms with Crippen LogP contribution in [-0.2, 0) is 6.42 Å². The van der Waals surface area contributed by atoms with Gasteiger partial charge in [0.1, 0.15) is 11.6 Å². The zero-order chi connectivity index (χ0) is 19.5. The first kappa shape index (κ1) is 17.6. The SMILES string of the molecule is N#CCc1ccc(Nc2ncc3ccccc3n2)c(-c2ccc(F)cc2F)c1. The van der Waals surface area contributed by atoms with Crippen LogP contribution in [0.4, 0.5) is 20.4 Å². The van der Waals surface area contributed by atoms with Crippen LogP contribution in [0.2, 0.25) is 0 Å². The molecule has 0 aliphatic carbocycles. The standard InChI is InChI=1S/C22H14F2N4/c23-16-6-7-17(19(24)12-16)18-11-14(9-10-25)5-8-21(18)28-22-26-13-15-3-1-2-4-20(15)27-22/h1-8,11-13H,9H2,(H,26,27,28). The van der Waals surface area contributed by atoms with E-state index in [4.69, 9.17) is 5.26 Å². The van der Waals surface area contributed by atoms with Gasteiger partial charge in [0.2, 0.25) is 5.95 Å². The first-order valence-electron chi connectivity index (χ1n) is 8.58. The van der Waals surface area contributed by atoms with E-state index in [1.807, 2.05) is 24.3 Å². The summed E-state index contributed by atoms with van der Waals surface area (Å²) in [6.07, 6.45) is 1.88. The molecule has 6 heteroatoms. The Kier molecular flexibility index (Phi) is 4.65. The lowest BCUT2D eigenvalue weighted by Crippen LogP contribution is -2.00. The number of benzene rings is 3. The Labute approximate surface area is 160 Å². The van der Waals surface area contributed by atoms with Crippen LogP contribution in [0.15, 0.2) is 66.9 Å². The van der Waals surface area contributed by atoms with Gasteiger partial charge >= 0.3 is 0 Å². The van der Waals surface area contributed by atoms with Crippen LogP contribution in [0.5, 0.6) is 0 Å². The molecule has 0 saturated heterocycles. The van der Waals surface area contributed by atoms with Gasteiger partial charge in [0, 0.05) is 34.5 Å². The summed E-state index contributed by atoms with van der Waals surface area (Å²) < 4.78 is 27.8. The van der Waals surface area contributed by atoms with Crippen molar-refractivity contribution >= 4 is 22.5 Å². The first-order chi connectivity index (χ1) is 13.6. The fraction of sp³-hybridized carbons (Fsp3) is 0.0455. The molecule has 0 unspecified atom stereocenters. The van der Waals surface area contributed by atoms with Crippen molar-refractivity contribution in [1.29, 1.82) is 5.26 Å².